The Bertz CT molecular complexity index is 374. The van der Waals surface area contributed by atoms with Crippen molar-refractivity contribution in [3.63, 3.8) is 0 Å². The van der Waals surface area contributed by atoms with Gasteiger partial charge in [-0.15, -0.1) is 11.8 Å². The van der Waals surface area contributed by atoms with Gasteiger partial charge in [0.25, 0.3) is 0 Å². The van der Waals surface area contributed by atoms with Gasteiger partial charge in [0.05, 0.1) is 5.84 Å². The Labute approximate surface area is 94.8 Å². The summed E-state index contributed by atoms with van der Waals surface area (Å²) in [6.45, 7) is 0. The van der Waals surface area contributed by atoms with Crippen molar-refractivity contribution in [1.29, 1.82) is 5.41 Å². The van der Waals surface area contributed by atoms with E-state index in [1.165, 1.54) is 35.3 Å². The standard InChI is InChI=1S/C12H16N2S/c13-12(14)6-7-15-11-5-4-9-2-1-3-10(9)8-11/h4-5,8H,1-3,6-7H2,(H3,13,14). The second-order valence-electron chi connectivity index (χ2n) is 3.91. The average Bonchev–Trinajstić information content (AvgIpc) is 2.64. The van der Waals surface area contributed by atoms with Crippen molar-refractivity contribution in [1.82, 2.24) is 0 Å². The minimum atomic E-state index is 0.281. The number of aryl methyl sites for hydroxylation is 2. The van der Waals surface area contributed by atoms with Crippen LogP contribution in [0.1, 0.15) is 24.0 Å². The minimum absolute atomic E-state index is 0.281. The number of thioether (sulfide) groups is 1. The van der Waals surface area contributed by atoms with Crippen LogP contribution in [0.3, 0.4) is 0 Å². The SMILES string of the molecule is N=C(N)CCSc1ccc2c(c1)CCC2. The molecule has 2 nitrogen and oxygen atoms in total. The number of benzene rings is 1. The van der Waals surface area contributed by atoms with Crippen molar-refractivity contribution in [3.05, 3.63) is 29.3 Å². The van der Waals surface area contributed by atoms with Crippen LogP contribution in [0.25, 0.3) is 0 Å². The van der Waals surface area contributed by atoms with Crippen molar-refractivity contribution >= 4 is 17.6 Å². The lowest BCUT2D eigenvalue weighted by molar-refractivity contribution is 0.911. The summed E-state index contributed by atoms with van der Waals surface area (Å²) in [5.41, 5.74) is 8.35. The Kier molecular flexibility index (Phi) is 3.31. The maximum Gasteiger partial charge on any atom is 0.0913 e. The third kappa shape index (κ3) is 2.75. The molecule has 0 unspecified atom stereocenters. The largest absolute Gasteiger partial charge is 0.388 e. The molecule has 0 radical (unpaired) electrons. The Hall–Kier alpha value is -0.960. The number of amidine groups is 1. The maximum atomic E-state index is 7.15. The fourth-order valence-corrected chi connectivity index (χ4v) is 2.86. The smallest absolute Gasteiger partial charge is 0.0913 e. The van der Waals surface area contributed by atoms with Crippen molar-refractivity contribution < 1.29 is 0 Å². The summed E-state index contributed by atoms with van der Waals surface area (Å²) in [7, 11) is 0. The van der Waals surface area contributed by atoms with E-state index in [1.54, 1.807) is 11.8 Å². The molecule has 3 N–H and O–H groups in total. The highest BCUT2D eigenvalue weighted by Crippen LogP contribution is 2.27. The fraction of sp³-hybridized carbons (Fsp3) is 0.417. The van der Waals surface area contributed by atoms with Gasteiger partial charge in [0.2, 0.25) is 0 Å². The number of nitrogens with one attached hydrogen (secondary N) is 1. The molecule has 0 saturated heterocycles. The van der Waals surface area contributed by atoms with Crippen LogP contribution in [-0.2, 0) is 12.8 Å². The van der Waals surface area contributed by atoms with Gasteiger partial charge in [-0.05, 0) is 42.5 Å². The Morgan fingerprint density at radius 2 is 2.13 bits per heavy atom. The topological polar surface area (TPSA) is 49.9 Å². The third-order valence-corrected chi connectivity index (χ3v) is 3.71. The van der Waals surface area contributed by atoms with Crippen LogP contribution in [0.15, 0.2) is 23.1 Å². The highest BCUT2D eigenvalue weighted by Gasteiger charge is 2.10. The van der Waals surface area contributed by atoms with E-state index in [1.807, 2.05) is 0 Å². The van der Waals surface area contributed by atoms with Gasteiger partial charge in [-0.3, -0.25) is 5.41 Å². The molecule has 0 heterocycles. The number of fused-ring (bicyclic) bond motifs is 1. The molecule has 0 aliphatic heterocycles. The predicted molar refractivity (Wildman–Crippen MR) is 65.7 cm³/mol. The average molecular weight is 220 g/mol. The summed E-state index contributed by atoms with van der Waals surface area (Å²) in [6.07, 6.45) is 4.46. The summed E-state index contributed by atoms with van der Waals surface area (Å²) in [4.78, 5) is 1.32. The summed E-state index contributed by atoms with van der Waals surface area (Å²) >= 11 is 1.79. The summed E-state index contributed by atoms with van der Waals surface area (Å²) < 4.78 is 0. The van der Waals surface area contributed by atoms with Crippen LogP contribution in [0, 0.1) is 5.41 Å². The summed E-state index contributed by atoms with van der Waals surface area (Å²) in [5, 5.41) is 7.15. The lowest BCUT2D eigenvalue weighted by Gasteiger charge is -2.04. The van der Waals surface area contributed by atoms with Crippen LogP contribution in [0.5, 0.6) is 0 Å². The lowest BCUT2D eigenvalue weighted by atomic mass is 10.1. The molecule has 1 aromatic rings. The van der Waals surface area contributed by atoms with Crippen LogP contribution in [-0.4, -0.2) is 11.6 Å². The van der Waals surface area contributed by atoms with Gasteiger partial charge in [0, 0.05) is 17.1 Å². The van der Waals surface area contributed by atoms with E-state index >= 15 is 0 Å². The zero-order valence-electron chi connectivity index (χ0n) is 8.75. The number of hydrogen-bond donors (Lipinski definition) is 2. The molecule has 0 fully saturated rings. The van der Waals surface area contributed by atoms with Crippen molar-refractivity contribution in [2.45, 2.75) is 30.6 Å². The predicted octanol–water partition coefficient (Wildman–Crippen LogP) is 2.59. The Morgan fingerprint density at radius 3 is 2.93 bits per heavy atom. The molecule has 2 rings (SSSR count). The van der Waals surface area contributed by atoms with Crippen molar-refractivity contribution in [2.24, 2.45) is 5.73 Å². The van der Waals surface area contributed by atoms with Gasteiger partial charge in [-0.2, -0.15) is 0 Å². The minimum Gasteiger partial charge on any atom is -0.388 e. The van der Waals surface area contributed by atoms with Crippen molar-refractivity contribution in [3.8, 4) is 0 Å². The van der Waals surface area contributed by atoms with Gasteiger partial charge in [0.15, 0.2) is 0 Å². The first-order valence-corrected chi connectivity index (χ1v) is 6.32. The van der Waals surface area contributed by atoms with E-state index in [0.717, 1.165) is 5.75 Å². The molecule has 1 aromatic carbocycles. The van der Waals surface area contributed by atoms with E-state index in [4.69, 9.17) is 11.1 Å². The third-order valence-electron chi connectivity index (χ3n) is 2.71. The van der Waals surface area contributed by atoms with Gasteiger partial charge < -0.3 is 5.73 Å². The second-order valence-corrected chi connectivity index (χ2v) is 5.08. The first-order valence-electron chi connectivity index (χ1n) is 5.33. The molecule has 0 aromatic heterocycles. The van der Waals surface area contributed by atoms with Crippen molar-refractivity contribution in [2.75, 3.05) is 5.75 Å². The molecule has 15 heavy (non-hydrogen) atoms. The molecular formula is C12H16N2S. The molecule has 0 bridgehead atoms. The van der Waals surface area contributed by atoms with E-state index in [0.29, 0.717) is 6.42 Å². The molecule has 0 spiro atoms. The highest BCUT2D eigenvalue weighted by atomic mass is 32.2. The lowest BCUT2D eigenvalue weighted by Crippen LogP contribution is -2.09. The molecule has 0 atom stereocenters. The first kappa shape index (κ1) is 10.6. The van der Waals surface area contributed by atoms with Crippen LogP contribution >= 0.6 is 11.8 Å². The number of hydrogen-bond acceptors (Lipinski definition) is 2. The molecule has 1 aliphatic rings. The quantitative estimate of drug-likeness (QED) is 0.465. The van der Waals surface area contributed by atoms with Gasteiger partial charge in [-0.25, -0.2) is 0 Å². The highest BCUT2D eigenvalue weighted by molar-refractivity contribution is 7.99. The fourth-order valence-electron chi connectivity index (χ4n) is 1.92. The molecule has 0 saturated carbocycles. The molecule has 0 amide bonds. The summed E-state index contributed by atoms with van der Waals surface area (Å²) in [5.74, 6) is 1.19. The van der Waals surface area contributed by atoms with E-state index in [-0.39, 0.29) is 5.84 Å². The van der Waals surface area contributed by atoms with E-state index in [2.05, 4.69) is 18.2 Å². The van der Waals surface area contributed by atoms with E-state index < -0.39 is 0 Å². The Balaban J connectivity index is 1.95. The van der Waals surface area contributed by atoms with Gasteiger partial charge >= 0.3 is 0 Å². The van der Waals surface area contributed by atoms with Gasteiger partial charge in [0.1, 0.15) is 0 Å². The van der Waals surface area contributed by atoms with E-state index in [9.17, 15) is 0 Å². The summed E-state index contributed by atoms with van der Waals surface area (Å²) in [6, 6.07) is 6.74. The maximum absolute atomic E-state index is 7.15. The monoisotopic (exact) mass is 220 g/mol. The molecular weight excluding hydrogens is 204 g/mol. The van der Waals surface area contributed by atoms with Crippen LogP contribution in [0.4, 0.5) is 0 Å². The number of rotatable bonds is 4. The zero-order chi connectivity index (χ0) is 10.7. The molecule has 80 valence electrons. The van der Waals surface area contributed by atoms with Crippen LogP contribution < -0.4 is 5.73 Å². The molecule has 1 aliphatic carbocycles. The first-order chi connectivity index (χ1) is 7.25. The normalized spacial score (nSPS) is 13.9. The van der Waals surface area contributed by atoms with Crippen LogP contribution in [0.2, 0.25) is 0 Å². The zero-order valence-corrected chi connectivity index (χ0v) is 9.57. The Morgan fingerprint density at radius 1 is 1.33 bits per heavy atom. The number of nitrogens with two attached hydrogens (primary N) is 1. The molecule has 3 heteroatoms. The van der Waals surface area contributed by atoms with Gasteiger partial charge in [-0.1, -0.05) is 6.07 Å². The second kappa shape index (κ2) is 4.71.